The maximum atomic E-state index is 13.7. The fourth-order valence-corrected chi connectivity index (χ4v) is 4.81. The normalized spacial score (nSPS) is 19.9. The lowest BCUT2D eigenvalue weighted by molar-refractivity contribution is -0.137. The van der Waals surface area contributed by atoms with E-state index in [1.807, 2.05) is 0 Å². The van der Waals surface area contributed by atoms with Crippen LogP contribution in [0.15, 0.2) is 47.2 Å². The van der Waals surface area contributed by atoms with E-state index < -0.39 is 17.7 Å². The Labute approximate surface area is 201 Å². The maximum absolute atomic E-state index is 13.7. The van der Waals surface area contributed by atoms with Gasteiger partial charge in [0.15, 0.2) is 0 Å². The van der Waals surface area contributed by atoms with E-state index in [0.29, 0.717) is 35.8 Å². The van der Waals surface area contributed by atoms with Crippen molar-refractivity contribution in [3.63, 3.8) is 0 Å². The Kier molecular flexibility index (Phi) is 6.64. The fourth-order valence-electron chi connectivity index (χ4n) is 4.81. The van der Waals surface area contributed by atoms with Crippen LogP contribution >= 0.6 is 0 Å². The quantitative estimate of drug-likeness (QED) is 0.441. The van der Waals surface area contributed by atoms with Crippen molar-refractivity contribution in [3.05, 3.63) is 69.7 Å². The number of amides is 1. The number of aryl methyl sites for hydroxylation is 1. The second-order valence-corrected chi connectivity index (χ2v) is 8.74. The van der Waals surface area contributed by atoms with Crippen molar-refractivity contribution in [2.24, 2.45) is 0 Å². The number of hydrogen-bond donors (Lipinski definition) is 0. The first-order chi connectivity index (χ1) is 16.5. The zero-order valence-electron chi connectivity index (χ0n) is 20.0. The summed E-state index contributed by atoms with van der Waals surface area (Å²) in [6.07, 6.45) is -1.35. The monoisotopic (exact) mass is 488 g/mol. The largest absolute Gasteiger partial charge is 0.465 e. The van der Waals surface area contributed by atoms with Gasteiger partial charge in [0.25, 0.3) is 5.91 Å². The molecule has 0 aliphatic carbocycles. The second-order valence-electron chi connectivity index (χ2n) is 8.74. The predicted molar refractivity (Wildman–Crippen MR) is 124 cm³/mol. The predicted octanol–water partition coefficient (Wildman–Crippen LogP) is 4.96. The molecule has 1 amide bonds. The average Bonchev–Trinajstić information content (AvgIpc) is 3.48. The van der Waals surface area contributed by atoms with Gasteiger partial charge in [0.05, 0.1) is 42.2 Å². The summed E-state index contributed by atoms with van der Waals surface area (Å²) in [4.78, 5) is 27.5. The highest BCUT2D eigenvalue weighted by Crippen LogP contribution is 2.37. The number of para-hydroxylation sites is 1. The minimum absolute atomic E-state index is 0.00248. The molecule has 2 aliphatic rings. The Morgan fingerprint density at radius 3 is 2.57 bits per heavy atom. The van der Waals surface area contributed by atoms with Gasteiger partial charge in [-0.3, -0.25) is 4.79 Å². The fraction of sp³-hybridized carbons (Fsp3) is 0.385. The van der Waals surface area contributed by atoms with Crippen molar-refractivity contribution in [3.8, 4) is 5.69 Å². The van der Waals surface area contributed by atoms with Crippen molar-refractivity contribution in [1.29, 1.82) is 0 Å². The number of methoxy groups -OCH3 is 1. The summed E-state index contributed by atoms with van der Waals surface area (Å²) >= 11 is 0. The first-order valence-corrected chi connectivity index (χ1v) is 11.3. The molecule has 6 nitrogen and oxygen atoms in total. The number of benzene rings is 1. The third-order valence-corrected chi connectivity index (χ3v) is 6.53. The number of halogens is 3. The molecule has 186 valence electrons. The van der Waals surface area contributed by atoms with Crippen LogP contribution in [0.25, 0.3) is 11.8 Å². The lowest BCUT2D eigenvalue weighted by atomic mass is 10.0. The molecule has 4 rings (SSSR count). The van der Waals surface area contributed by atoms with Gasteiger partial charge in [-0.25, -0.2) is 4.79 Å². The second kappa shape index (κ2) is 9.37. The zero-order valence-corrected chi connectivity index (χ0v) is 20.0. The molecule has 35 heavy (non-hydrogen) atoms. The van der Waals surface area contributed by atoms with E-state index in [4.69, 9.17) is 9.47 Å². The van der Waals surface area contributed by atoms with E-state index >= 15 is 0 Å². The average molecular weight is 489 g/mol. The molecule has 1 fully saturated rings. The van der Waals surface area contributed by atoms with Crippen molar-refractivity contribution < 1.29 is 32.2 Å². The number of hydrogen-bond acceptors (Lipinski definition) is 4. The van der Waals surface area contributed by atoms with Crippen LogP contribution in [0.3, 0.4) is 0 Å². The Bertz CT molecular complexity index is 1230. The van der Waals surface area contributed by atoms with E-state index in [0.717, 1.165) is 18.9 Å². The van der Waals surface area contributed by atoms with Crippen molar-refractivity contribution in [2.45, 2.75) is 45.9 Å². The van der Waals surface area contributed by atoms with Gasteiger partial charge in [0, 0.05) is 23.7 Å². The molecule has 0 N–H and O–H groups in total. The number of ether oxygens (including phenoxy) is 2. The molecule has 1 saturated heterocycles. The molecule has 0 radical (unpaired) electrons. The molecule has 3 heterocycles. The van der Waals surface area contributed by atoms with Crippen molar-refractivity contribution in [2.75, 3.05) is 20.3 Å². The minimum atomic E-state index is -4.53. The van der Waals surface area contributed by atoms with Crippen LogP contribution in [0.4, 0.5) is 13.2 Å². The smallest absolute Gasteiger partial charge is 0.418 e. The highest BCUT2D eigenvalue weighted by atomic mass is 19.4. The van der Waals surface area contributed by atoms with Crippen LogP contribution in [0.1, 0.15) is 42.3 Å². The number of alkyl halides is 3. The molecule has 9 heteroatoms. The van der Waals surface area contributed by atoms with Gasteiger partial charge in [-0.15, -0.1) is 0 Å². The highest BCUT2D eigenvalue weighted by Gasteiger charge is 2.39. The van der Waals surface area contributed by atoms with Gasteiger partial charge >= 0.3 is 12.1 Å². The topological polar surface area (TPSA) is 60.8 Å². The molecular formula is C26H27F3N2O4. The Morgan fingerprint density at radius 1 is 1.23 bits per heavy atom. The maximum Gasteiger partial charge on any atom is 0.418 e. The van der Waals surface area contributed by atoms with Gasteiger partial charge in [-0.2, -0.15) is 13.2 Å². The van der Waals surface area contributed by atoms with Gasteiger partial charge < -0.3 is 18.9 Å². The Hall–Kier alpha value is -3.33. The summed E-state index contributed by atoms with van der Waals surface area (Å²) in [7, 11) is 1.24. The van der Waals surface area contributed by atoms with Crippen LogP contribution < -0.4 is 0 Å². The number of carbonyl (C=O) groups excluding carboxylic acids is 2. The van der Waals surface area contributed by atoms with Crippen molar-refractivity contribution >= 4 is 18.0 Å². The van der Waals surface area contributed by atoms with E-state index in [9.17, 15) is 22.8 Å². The lowest BCUT2D eigenvalue weighted by Crippen LogP contribution is -2.33. The first-order valence-electron chi connectivity index (χ1n) is 11.3. The highest BCUT2D eigenvalue weighted by molar-refractivity contribution is 6.16. The molecule has 0 spiro atoms. The zero-order chi connectivity index (χ0) is 25.5. The minimum Gasteiger partial charge on any atom is -0.465 e. The molecule has 1 atom stereocenters. The summed E-state index contributed by atoms with van der Waals surface area (Å²) in [6.45, 7) is 6.02. The first kappa shape index (κ1) is 24.8. The van der Waals surface area contributed by atoms with Crippen LogP contribution in [-0.4, -0.2) is 47.7 Å². The summed E-state index contributed by atoms with van der Waals surface area (Å²) in [6, 6.07) is 7.05. The van der Waals surface area contributed by atoms with E-state index in [-0.39, 0.29) is 28.8 Å². The van der Waals surface area contributed by atoms with Crippen LogP contribution in [0.2, 0.25) is 0 Å². The summed E-state index contributed by atoms with van der Waals surface area (Å²) in [5.41, 5.74) is 1.62. The lowest BCUT2D eigenvalue weighted by Gasteiger charge is -2.21. The number of rotatable bonds is 5. The number of esters is 1. The van der Waals surface area contributed by atoms with Gasteiger partial charge in [-0.05, 0) is 63.5 Å². The number of nitrogens with zero attached hydrogens (tertiary/aromatic N) is 2. The summed E-state index contributed by atoms with van der Waals surface area (Å²) < 4.78 is 53.1. The molecule has 0 saturated carbocycles. The molecule has 1 aromatic heterocycles. The third-order valence-electron chi connectivity index (χ3n) is 6.53. The van der Waals surface area contributed by atoms with Gasteiger partial charge in [0.2, 0.25) is 0 Å². The van der Waals surface area contributed by atoms with Gasteiger partial charge in [0.1, 0.15) is 0 Å². The Morgan fingerprint density at radius 2 is 1.94 bits per heavy atom. The van der Waals surface area contributed by atoms with Crippen LogP contribution in [0, 0.1) is 13.8 Å². The molecule has 0 bridgehead atoms. The molecule has 2 aliphatic heterocycles. The number of aromatic nitrogens is 1. The molecule has 1 unspecified atom stereocenters. The van der Waals surface area contributed by atoms with E-state index in [1.54, 1.807) is 39.0 Å². The summed E-state index contributed by atoms with van der Waals surface area (Å²) in [5, 5.41) is 0. The standard InChI is InChI=1S/C26H27F3N2O4/c1-15-12-18(16(2)31(15)22-10-6-5-9-21(22)26(27,28)29)13-20-23(25(33)34-4)17(3)30(24(20)32)14-19-8-7-11-35-19/h5-6,9-10,12-13,19H,7-8,11,14H2,1-4H3/b20-13+. The number of allylic oxidation sites excluding steroid dienone is 1. The Balaban J connectivity index is 1.79. The molecule has 1 aromatic carbocycles. The van der Waals surface area contributed by atoms with Crippen LogP contribution in [0.5, 0.6) is 0 Å². The van der Waals surface area contributed by atoms with E-state index in [2.05, 4.69) is 0 Å². The van der Waals surface area contributed by atoms with Gasteiger partial charge in [-0.1, -0.05) is 12.1 Å². The van der Waals surface area contributed by atoms with Crippen molar-refractivity contribution in [1.82, 2.24) is 9.47 Å². The molecular weight excluding hydrogens is 461 g/mol. The molecule has 2 aromatic rings. The SMILES string of the molecule is COC(=O)C1=C(C)N(CC2CCCO2)C(=O)/C1=C/c1cc(C)n(-c2ccccc2C(F)(F)F)c1C. The number of carbonyl (C=O) groups is 2. The van der Waals surface area contributed by atoms with E-state index in [1.165, 1.54) is 28.7 Å². The summed E-state index contributed by atoms with van der Waals surface area (Å²) in [5.74, 6) is -1.01. The third kappa shape index (κ3) is 4.52. The van der Waals surface area contributed by atoms with Crippen LogP contribution in [-0.2, 0) is 25.2 Å².